The first-order valence-corrected chi connectivity index (χ1v) is 7.85. The van der Waals surface area contributed by atoms with E-state index in [4.69, 9.17) is 0 Å². The molecule has 5 nitrogen and oxygen atoms in total. The summed E-state index contributed by atoms with van der Waals surface area (Å²) in [6.07, 6.45) is 2.65. The highest BCUT2D eigenvalue weighted by Crippen LogP contribution is 2.20. The molecule has 24 heavy (non-hydrogen) atoms. The van der Waals surface area contributed by atoms with E-state index in [9.17, 15) is 13.6 Å². The molecule has 0 atom stereocenters. The molecule has 0 unspecified atom stereocenters. The number of benzene rings is 1. The number of nitrogens with zero attached hydrogens (tertiary/aromatic N) is 1. The fourth-order valence-corrected chi connectivity index (χ4v) is 2.59. The number of fused-ring (bicyclic) bond motifs is 1. The summed E-state index contributed by atoms with van der Waals surface area (Å²) in [6, 6.07) is 6.73. The van der Waals surface area contributed by atoms with Crippen molar-refractivity contribution in [1.29, 1.82) is 0 Å². The monoisotopic (exact) mass is 332 g/mol. The van der Waals surface area contributed by atoms with Crippen LogP contribution >= 0.6 is 0 Å². The summed E-state index contributed by atoms with van der Waals surface area (Å²) in [7, 11) is 0. The lowest BCUT2D eigenvalue weighted by Gasteiger charge is -2.17. The van der Waals surface area contributed by atoms with Gasteiger partial charge in [-0.15, -0.1) is 0 Å². The molecule has 0 spiro atoms. The number of aromatic nitrogens is 1. The summed E-state index contributed by atoms with van der Waals surface area (Å²) < 4.78 is 26.9. The Morgan fingerprint density at radius 1 is 1.21 bits per heavy atom. The van der Waals surface area contributed by atoms with Crippen LogP contribution in [-0.4, -0.2) is 24.1 Å². The first kappa shape index (κ1) is 16.2. The number of amides is 2. The Morgan fingerprint density at radius 2 is 2.00 bits per heavy atom. The molecule has 0 bridgehead atoms. The Bertz CT molecular complexity index is 731. The number of anilines is 2. The minimum atomic E-state index is -0.812. The lowest BCUT2D eigenvalue weighted by molar-refractivity contribution is 0.252. The van der Waals surface area contributed by atoms with Crippen LogP contribution in [0.1, 0.15) is 17.7 Å². The molecule has 2 heterocycles. The van der Waals surface area contributed by atoms with Crippen molar-refractivity contribution in [1.82, 2.24) is 10.3 Å². The molecule has 3 rings (SSSR count). The van der Waals surface area contributed by atoms with Crippen molar-refractivity contribution in [2.45, 2.75) is 19.3 Å². The third-order valence-corrected chi connectivity index (χ3v) is 3.82. The summed E-state index contributed by atoms with van der Waals surface area (Å²) in [4.78, 5) is 16.3. The van der Waals surface area contributed by atoms with Crippen molar-refractivity contribution in [2.24, 2.45) is 0 Å². The van der Waals surface area contributed by atoms with E-state index in [1.807, 2.05) is 12.1 Å². The number of halogens is 2. The molecule has 3 N–H and O–H groups in total. The van der Waals surface area contributed by atoms with Crippen LogP contribution in [0.5, 0.6) is 0 Å². The Kier molecular flexibility index (Phi) is 4.88. The van der Waals surface area contributed by atoms with E-state index in [0.717, 1.165) is 43.0 Å². The van der Waals surface area contributed by atoms with Gasteiger partial charge in [0.25, 0.3) is 0 Å². The Balaban J connectivity index is 1.52. The second-order valence-corrected chi connectivity index (χ2v) is 5.57. The maximum absolute atomic E-state index is 13.5. The fourth-order valence-electron chi connectivity index (χ4n) is 2.59. The van der Waals surface area contributed by atoms with Crippen molar-refractivity contribution in [3.8, 4) is 0 Å². The number of aryl methyl sites for hydroxylation is 1. The molecule has 0 radical (unpaired) electrons. The number of hydrogen-bond donors (Lipinski definition) is 3. The Morgan fingerprint density at radius 3 is 2.79 bits per heavy atom. The van der Waals surface area contributed by atoms with Crippen molar-refractivity contribution in [2.75, 3.05) is 23.7 Å². The Hall–Kier alpha value is -2.70. The van der Waals surface area contributed by atoms with Gasteiger partial charge in [-0.1, -0.05) is 12.1 Å². The van der Waals surface area contributed by atoms with Crippen molar-refractivity contribution in [3.63, 3.8) is 0 Å². The lowest BCUT2D eigenvalue weighted by atomic mass is 10.1. The van der Waals surface area contributed by atoms with Crippen molar-refractivity contribution < 1.29 is 13.6 Å². The minimum absolute atomic E-state index is 0.313. The van der Waals surface area contributed by atoms with E-state index in [1.54, 1.807) is 0 Å². The van der Waals surface area contributed by atoms with Gasteiger partial charge < -0.3 is 16.0 Å². The zero-order chi connectivity index (χ0) is 16.9. The molecule has 1 aromatic carbocycles. The summed E-state index contributed by atoms with van der Waals surface area (Å²) in [5.41, 5.74) is 1.59. The second-order valence-electron chi connectivity index (χ2n) is 5.57. The molecule has 0 aliphatic carbocycles. The molecule has 7 heteroatoms. The number of urea groups is 1. The van der Waals surface area contributed by atoms with E-state index < -0.39 is 23.4 Å². The highest BCUT2D eigenvalue weighted by Gasteiger charge is 2.12. The summed E-state index contributed by atoms with van der Waals surface area (Å²) >= 11 is 0. The highest BCUT2D eigenvalue weighted by atomic mass is 19.1. The van der Waals surface area contributed by atoms with Crippen LogP contribution in [0.15, 0.2) is 30.3 Å². The van der Waals surface area contributed by atoms with Gasteiger partial charge in [0.2, 0.25) is 0 Å². The molecule has 0 saturated carbocycles. The average molecular weight is 332 g/mol. The molecule has 0 saturated heterocycles. The molecular weight excluding hydrogens is 314 g/mol. The summed E-state index contributed by atoms with van der Waals surface area (Å²) in [5, 5.41) is 8.01. The maximum atomic E-state index is 13.5. The first-order chi connectivity index (χ1) is 11.6. The predicted octanol–water partition coefficient (Wildman–Crippen LogP) is 3.08. The number of pyridine rings is 1. The van der Waals surface area contributed by atoms with Gasteiger partial charge in [0.1, 0.15) is 23.1 Å². The normalized spacial score (nSPS) is 12.9. The van der Waals surface area contributed by atoms with E-state index >= 15 is 0 Å². The van der Waals surface area contributed by atoms with Gasteiger partial charge in [0.15, 0.2) is 0 Å². The highest BCUT2D eigenvalue weighted by molar-refractivity contribution is 5.89. The first-order valence-electron chi connectivity index (χ1n) is 7.85. The van der Waals surface area contributed by atoms with Crippen LogP contribution in [0.4, 0.5) is 25.1 Å². The second kappa shape index (κ2) is 7.25. The minimum Gasteiger partial charge on any atom is -0.370 e. The molecule has 2 amide bonds. The topological polar surface area (TPSA) is 66.0 Å². The van der Waals surface area contributed by atoms with Crippen molar-refractivity contribution >= 4 is 17.5 Å². The molecule has 0 fully saturated rings. The third kappa shape index (κ3) is 3.79. The van der Waals surface area contributed by atoms with Gasteiger partial charge in [-0.25, -0.2) is 18.6 Å². The number of rotatable bonds is 4. The van der Waals surface area contributed by atoms with E-state index in [-0.39, 0.29) is 0 Å². The van der Waals surface area contributed by atoms with E-state index in [0.29, 0.717) is 13.0 Å². The number of para-hydroxylation sites is 1. The Labute approximate surface area is 138 Å². The number of nitrogens with one attached hydrogen (secondary N) is 3. The number of hydrogen-bond acceptors (Lipinski definition) is 3. The van der Waals surface area contributed by atoms with Gasteiger partial charge in [0.05, 0.1) is 0 Å². The molecule has 1 aromatic heterocycles. The summed E-state index contributed by atoms with van der Waals surface area (Å²) in [6.45, 7) is 1.23. The predicted molar refractivity (Wildman–Crippen MR) is 88.1 cm³/mol. The van der Waals surface area contributed by atoms with Gasteiger partial charge in [-0.3, -0.25) is 0 Å². The van der Waals surface area contributed by atoms with Crippen LogP contribution in [0, 0.1) is 11.6 Å². The zero-order valence-electron chi connectivity index (χ0n) is 13.0. The van der Waals surface area contributed by atoms with Crippen molar-refractivity contribution in [3.05, 3.63) is 53.2 Å². The van der Waals surface area contributed by atoms with Crippen LogP contribution < -0.4 is 16.0 Å². The smallest absolute Gasteiger partial charge is 0.319 e. The SMILES string of the molecule is O=C(NCCc1ccc2c(n1)NCCC2)Nc1c(F)cccc1F. The third-order valence-electron chi connectivity index (χ3n) is 3.82. The summed E-state index contributed by atoms with van der Waals surface area (Å²) in [5.74, 6) is -0.725. The van der Waals surface area contributed by atoms with Gasteiger partial charge >= 0.3 is 6.03 Å². The van der Waals surface area contributed by atoms with Gasteiger partial charge in [-0.05, 0) is 36.6 Å². The molecule has 2 aromatic rings. The molecule has 126 valence electrons. The zero-order valence-corrected chi connectivity index (χ0v) is 13.0. The van der Waals surface area contributed by atoms with Crippen LogP contribution in [-0.2, 0) is 12.8 Å². The van der Waals surface area contributed by atoms with E-state index in [1.165, 1.54) is 11.6 Å². The maximum Gasteiger partial charge on any atom is 0.319 e. The largest absolute Gasteiger partial charge is 0.370 e. The number of carbonyl (C=O) groups excluding carboxylic acids is 1. The molecular formula is C17H18F2N4O. The van der Waals surface area contributed by atoms with Gasteiger partial charge in [0, 0.05) is 25.2 Å². The quantitative estimate of drug-likeness (QED) is 0.806. The van der Waals surface area contributed by atoms with Crippen LogP contribution in [0.2, 0.25) is 0 Å². The fraction of sp³-hybridized carbons (Fsp3) is 0.294. The standard InChI is InChI=1S/C17H18F2N4O/c18-13-4-1-5-14(19)15(13)23-17(24)21-10-8-12-7-6-11-3-2-9-20-16(11)22-12/h1,4-7H,2-3,8-10H2,(H,20,22)(H2,21,23,24). The van der Waals surface area contributed by atoms with Crippen LogP contribution in [0.25, 0.3) is 0 Å². The molecule has 1 aliphatic rings. The van der Waals surface area contributed by atoms with Gasteiger partial charge in [-0.2, -0.15) is 0 Å². The molecule has 1 aliphatic heterocycles. The number of carbonyl (C=O) groups is 1. The van der Waals surface area contributed by atoms with Crippen LogP contribution in [0.3, 0.4) is 0 Å². The van der Waals surface area contributed by atoms with E-state index in [2.05, 4.69) is 20.9 Å². The lowest BCUT2D eigenvalue weighted by Crippen LogP contribution is -2.31. The average Bonchev–Trinajstić information content (AvgIpc) is 2.58.